The summed E-state index contributed by atoms with van der Waals surface area (Å²) in [6, 6.07) is 19.9. The van der Waals surface area contributed by atoms with Gasteiger partial charge in [-0.25, -0.2) is 10.2 Å². The third kappa shape index (κ3) is 3.27. The number of fused-ring (bicyclic) bond motifs is 1. The third-order valence-electron chi connectivity index (χ3n) is 2.84. The topological polar surface area (TPSA) is 66.6 Å². The SMILES string of the molecule is O=C(N/N=c1/ccc2ccccc2o1)Nc1ccccc1. The van der Waals surface area contributed by atoms with Gasteiger partial charge < -0.3 is 9.73 Å². The van der Waals surface area contributed by atoms with Crippen LogP contribution in [0.3, 0.4) is 0 Å². The van der Waals surface area contributed by atoms with Crippen LogP contribution in [0.1, 0.15) is 0 Å². The monoisotopic (exact) mass is 279 g/mol. The van der Waals surface area contributed by atoms with Gasteiger partial charge in [-0.2, -0.15) is 0 Å². The molecule has 2 aromatic carbocycles. The van der Waals surface area contributed by atoms with Crippen molar-refractivity contribution in [2.24, 2.45) is 5.10 Å². The first kappa shape index (κ1) is 12.9. The average Bonchev–Trinajstić information content (AvgIpc) is 2.54. The Morgan fingerprint density at radius 1 is 0.905 bits per heavy atom. The second-order valence-electron chi connectivity index (χ2n) is 4.36. The van der Waals surface area contributed by atoms with E-state index in [1.807, 2.05) is 48.5 Å². The van der Waals surface area contributed by atoms with E-state index in [9.17, 15) is 4.79 Å². The summed E-state index contributed by atoms with van der Waals surface area (Å²) < 4.78 is 5.55. The molecule has 0 unspecified atom stereocenters. The lowest BCUT2D eigenvalue weighted by molar-refractivity contribution is 0.251. The van der Waals surface area contributed by atoms with E-state index >= 15 is 0 Å². The Kier molecular flexibility index (Phi) is 3.64. The predicted molar refractivity (Wildman–Crippen MR) is 80.4 cm³/mol. The summed E-state index contributed by atoms with van der Waals surface area (Å²) in [5.74, 6) is 0. The fourth-order valence-electron chi connectivity index (χ4n) is 1.87. The molecule has 0 spiro atoms. The van der Waals surface area contributed by atoms with Gasteiger partial charge in [0.25, 0.3) is 0 Å². The minimum Gasteiger partial charge on any atom is -0.437 e. The highest BCUT2D eigenvalue weighted by molar-refractivity contribution is 5.88. The first-order chi connectivity index (χ1) is 10.3. The van der Waals surface area contributed by atoms with Crippen LogP contribution in [-0.2, 0) is 0 Å². The number of carbonyl (C=O) groups excluding carboxylic acids is 1. The summed E-state index contributed by atoms with van der Waals surface area (Å²) in [6.07, 6.45) is 0. The molecule has 3 rings (SSSR count). The van der Waals surface area contributed by atoms with Gasteiger partial charge in [0.05, 0.1) is 0 Å². The number of urea groups is 1. The molecule has 0 fully saturated rings. The summed E-state index contributed by atoms with van der Waals surface area (Å²) >= 11 is 0. The summed E-state index contributed by atoms with van der Waals surface area (Å²) in [6.45, 7) is 0. The number of anilines is 1. The molecule has 0 bridgehead atoms. The summed E-state index contributed by atoms with van der Waals surface area (Å²) in [7, 11) is 0. The van der Waals surface area contributed by atoms with Crippen LogP contribution in [0.25, 0.3) is 11.0 Å². The fourth-order valence-corrected chi connectivity index (χ4v) is 1.87. The number of hydrogen-bond acceptors (Lipinski definition) is 3. The maximum Gasteiger partial charge on any atom is 0.339 e. The number of rotatable bonds is 2. The second kappa shape index (κ2) is 5.92. The van der Waals surface area contributed by atoms with E-state index in [0.717, 1.165) is 5.39 Å². The van der Waals surface area contributed by atoms with Gasteiger partial charge in [0.1, 0.15) is 5.58 Å². The molecule has 21 heavy (non-hydrogen) atoms. The Morgan fingerprint density at radius 2 is 1.67 bits per heavy atom. The van der Waals surface area contributed by atoms with Crippen molar-refractivity contribution in [1.82, 2.24) is 5.43 Å². The molecule has 5 nitrogen and oxygen atoms in total. The quantitative estimate of drug-likeness (QED) is 0.708. The number of para-hydroxylation sites is 2. The molecule has 0 aliphatic rings. The number of benzene rings is 2. The highest BCUT2D eigenvalue weighted by atomic mass is 16.3. The first-order valence-corrected chi connectivity index (χ1v) is 6.46. The van der Waals surface area contributed by atoms with Gasteiger partial charge >= 0.3 is 6.03 Å². The molecule has 0 saturated carbocycles. The molecule has 0 aliphatic carbocycles. The zero-order valence-corrected chi connectivity index (χ0v) is 11.1. The van der Waals surface area contributed by atoms with E-state index in [1.54, 1.807) is 18.2 Å². The number of hydrogen-bond donors (Lipinski definition) is 2. The van der Waals surface area contributed by atoms with Crippen LogP contribution in [0.4, 0.5) is 10.5 Å². The van der Waals surface area contributed by atoms with E-state index in [-0.39, 0.29) is 0 Å². The smallest absolute Gasteiger partial charge is 0.339 e. The molecular weight excluding hydrogens is 266 g/mol. The minimum absolute atomic E-state index is 0.330. The van der Waals surface area contributed by atoms with E-state index < -0.39 is 6.03 Å². The molecule has 1 aromatic heterocycles. The first-order valence-electron chi connectivity index (χ1n) is 6.46. The summed E-state index contributed by atoms with van der Waals surface area (Å²) in [5, 5.41) is 7.56. The maximum atomic E-state index is 11.7. The van der Waals surface area contributed by atoms with Crippen molar-refractivity contribution in [3.05, 3.63) is 72.3 Å². The molecule has 3 aromatic rings. The Morgan fingerprint density at radius 3 is 2.52 bits per heavy atom. The standard InChI is InChI=1S/C16H13N3O2/c20-16(17-13-7-2-1-3-8-13)19-18-15-11-10-12-6-4-5-9-14(12)21-15/h1-11H,(H2,17,19,20)/b18-15-. The lowest BCUT2D eigenvalue weighted by Crippen LogP contribution is -2.26. The Bertz CT molecular complexity index is 825. The molecule has 1 heterocycles. The summed E-state index contributed by atoms with van der Waals surface area (Å²) in [4.78, 5) is 11.7. The lowest BCUT2D eigenvalue weighted by atomic mass is 10.2. The molecule has 0 aliphatic heterocycles. The van der Waals surface area contributed by atoms with E-state index in [4.69, 9.17) is 4.42 Å². The van der Waals surface area contributed by atoms with Gasteiger partial charge in [-0.1, -0.05) is 36.4 Å². The molecule has 0 atom stereocenters. The van der Waals surface area contributed by atoms with Gasteiger partial charge in [0, 0.05) is 17.1 Å². The molecule has 104 valence electrons. The second-order valence-corrected chi connectivity index (χ2v) is 4.36. The van der Waals surface area contributed by atoms with Crippen molar-refractivity contribution < 1.29 is 9.21 Å². The van der Waals surface area contributed by atoms with Crippen LogP contribution in [0, 0.1) is 0 Å². The van der Waals surface area contributed by atoms with Gasteiger partial charge in [-0.05, 0) is 24.3 Å². The normalized spacial score (nSPS) is 11.3. The van der Waals surface area contributed by atoms with Crippen molar-refractivity contribution in [3.8, 4) is 0 Å². The van der Waals surface area contributed by atoms with Crippen molar-refractivity contribution in [3.63, 3.8) is 0 Å². The Balaban J connectivity index is 1.73. The average molecular weight is 279 g/mol. The Labute approximate surface area is 120 Å². The van der Waals surface area contributed by atoms with Crippen LogP contribution >= 0.6 is 0 Å². The fraction of sp³-hybridized carbons (Fsp3) is 0. The number of nitrogens with one attached hydrogen (secondary N) is 2. The molecule has 0 saturated heterocycles. The van der Waals surface area contributed by atoms with Crippen LogP contribution < -0.4 is 16.3 Å². The van der Waals surface area contributed by atoms with Gasteiger partial charge in [0.2, 0.25) is 5.55 Å². The molecule has 0 radical (unpaired) electrons. The van der Waals surface area contributed by atoms with Gasteiger partial charge in [-0.15, -0.1) is 5.10 Å². The predicted octanol–water partition coefficient (Wildman–Crippen LogP) is 3.07. The molecular formula is C16H13N3O2. The minimum atomic E-state index is -0.426. The zero-order valence-electron chi connectivity index (χ0n) is 11.1. The Hall–Kier alpha value is -3.08. The highest BCUT2D eigenvalue weighted by Gasteiger charge is 1.99. The maximum absolute atomic E-state index is 11.7. The van der Waals surface area contributed by atoms with Crippen LogP contribution in [-0.4, -0.2) is 6.03 Å². The van der Waals surface area contributed by atoms with E-state index in [1.165, 1.54) is 0 Å². The van der Waals surface area contributed by atoms with Crippen molar-refractivity contribution >= 4 is 22.7 Å². The largest absolute Gasteiger partial charge is 0.437 e. The molecule has 5 heteroatoms. The van der Waals surface area contributed by atoms with E-state index in [0.29, 0.717) is 16.8 Å². The third-order valence-corrected chi connectivity index (χ3v) is 2.84. The van der Waals surface area contributed by atoms with Crippen molar-refractivity contribution in [1.29, 1.82) is 0 Å². The zero-order chi connectivity index (χ0) is 14.5. The lowest BCUT2D eigenvalue weighted by Gasteiger charge is -2.02. The number of nitrogens with zero attached hydrogens (tertiary/aromatic N) is 1. The highest BCUT2D eigenvalue weighted by Crippen LogP contribution is 2.09. The van der Waals surface area contributed by atoms with Crippen molar-refractivity contribution in [2.45, 2.75) is 0 Å². The van der Waals surface area contributed by atoms with Crippen LogP contribution in [0.2, 0.25) is 0 Å². The number of carbonyl (C=O) groups is 1. The molecule has 2 N–H and O–H groups in total. The van der Waals surface area contributed by atoms with Crippen LogP contribution in [0.15, 0.2) is 76.2 Å². The van der Waals surface area contributed by atoms with Crippen LogP contribution in [0.5, 0.6) is 0 Å². The molecule has 2 amide bonds. The van der Waals surface area contributed by atoms with Gasteiger partial charge in [-0.3, -0.25) is 0 Å². The van der Waals surface area contributed by atoms with Crippen molar-refractivity contribution in [2.75, 3.05) is 5.32 Å². The number of amides is 2. The van der Waals surface area contributed by atoms with Gasteiger partial charge in [0.15, 0.2) is 0 Å². The summed E-state index contributed by atoms with van der Waals surface area (Å²) in [5.41, 5.74) is 4.13. The van der Waals surface area contributed by atoms with E-state index in [2.05, 4.69) is 15.8 Å².